The fourth-order valence-electron chi connectivity index (χ4n) is 2.71. The van der Waals surface area contributed by atoms with E-state index in [-0.39, 0.29) is 17.9 Å². The lowest BCUT2D eigenvalue weighted by Crippen LogP contribution is -2.28. The zero-order valence-electron chi connectivity index (χ0n) is 13.1. The summed E-state index contributed by atoms with van der Waals surface area (Å²) in [7, 11) is 0. The molecule has 1 aromatic carbocycles. The number of allylic oxidation sites excluding steroid dienone is 1. The number of aliphatic hydroxyl groups excluding tert-OH is 1. The summed E-state index contributed by atoms with van der Waals surface area (Å²) in [5, 5.41) is 12.7. The summed E-state index contributed by atoms with van der Waals surface area (Å²) >= 11 is 1.95. The molecule has 2 N–H and O–H groups in total. The lowest BCUT2D eigenvalue weighted by atomic mass is 9.93. The predicted octanol–water partition coefficient (Wildman–Crippen LogP) is 3.11. The Balaban J connectivity index is 1.91. The van der Waals surface area contributed by atoms with Gasteiger partial charge in [0.05, 0.1) is 6.10 Å². The number of benzene rings is 1. The van der Waals surface area contributed by atoms with Crippen LogP contribution in [0.25, 0.3) is 0 Å². The third kappa shape index (κ3) is 5.85. The van der Waals surface area contributed by atoms with E-state index in [9.17, 15) is 9.90 Å². The minimum atomic E-state index is -0.379. The Bertz CT molecular complexity index is 491. The molecule has 0 radical (unpaired) electrons. The Hall–Kier alpha value is -1.26. The summed E-state index contributed by atoms with van der Waals surface area (Å²) in [4.78, 5) is 12.1. The standard InChI is InChI=1S/C18H25NO2S/c1-14(20)11-17(16-5-3-2-4-6-16)13-19-18(21)12-15-7-9-22-10-8-15/h2-6,12,14,17,20H,7-11,13H2,1H3,(H,19,21). The molecule has 1 heterocycles. The van der Waals surface area contributed by atoms with Crippen molar-refractivity contribution in [2.45, 2.75) is 38.2 Å². The molecule has 2 atom stereocenters. The topological polar surface area (TPSA) is 49.3 Å². The fraction of sp³-hybridized carbons (Fsp3) is 0.500. The number of amides is 1. The van der Waals surface area contributed by atoms with Crippen molar-refractivity contribution < 1.29 is 9.90 Å². The maximum Gasteiger partial charge on any atom is 0.243 e. The molecule has 1 aliphatic rings. The second kappa shape index (κ2) is 9.01. The predicted molar refractivity (Wildman–Crippen MR) is 93.1 cm³/mol. The van der Waals surface area contributed by atoms with Crippen molar-refractivity contribution in [3.63, 3.8) is 0 Å². The van der Waals surface area contributed by atoms with Gasteiger partial charge in [0.1, 0.15) is 0 Å². The van der Waals surface area contributed by atoms with E-state index >= 15 is 0 Å². The highest BCUT2D eigenvalue weighted by Crippen LogP contribution is 2.22. The van der Waals surface area contributed by atoms with Crippen LogP contribution < -0.4 is 5.32 Å². The number of carbonyl (C=O) groups excluding carboxylic acids is 1. The molecule has 0 bridgehead atoms. The van der Waals surface area contributed by atoms with E-state index in [2.05, 4.69) is 17.4 Å². The molecular weight excluding hydrogens is 294 g/mol. The van der Waals surface area contributed by atoms with Crippen LogP contribution in [0.4, 0.5) is 0 Å². The Labute approximate surface area is 137 Å². The van der Waals surface area contributed by atoms with Gasteiger partial charge >= 0.3 is 0 Å². The molecule has 1 amide bonds. The molecule has 1 aromatic rings. The molecule has 1 aliphatic heterocycles. The maximum atomic E-state index is 12.1. The summed E-state index contributed by atoms with van der Waals surface area (Å²) in [6.07, 6.45) is 4.08. The van der Waals surface area contributed by atoms with E-state index in [1.165, 1.54) is 5.57 Å². The molecule has 0 aromatic heterocycles. The average molecular weight is 319 g/mol. The minimum absolute atomic E-state index is 0.00609. The number of carbonyl (C=O) groups is 1. The van der Waals surface area contributed by atoms with Gasteiger partial charge in [0.25, 0.3) is 0 Å². The number of hydrogen-bond acceptors (Lipinski definition) is 3. The van der Waals surface area contributed by atoms with Crippen molar-refractivity contribution in [2.24, 2.45) is 0 Å². The van der Waals surface area contributed by atoms with Crippen LogP contribution in [0.1, 0.15) is 37.7 Å². The van der Waals surface area contributed by atoms with Crippen LogP contribution in [-0.4, -0.2) is 35.2 Å². The van der Waals surface area contributed by atoms with Crippen LogP contribution in [0, 0.1) is 0 Å². The van der Waals surface area contributed by atoms with Gasteiger partial charge in [-0.05, 0) is 43.3 Å². The fourth-order valence-corrected chi connectivity index (χ4v) is 3.73. The first kappa shape index (κ1) is 17.1. The number of rotatable bonds is 6. The lowest BCUT2D eigenvalue weighted by molar-refractivity contribution is -0.116. The van der Waals surface area contributed by atoms with Gasteiger partial charge in [-0.2, -0.15) is 11.8 Å². The molecular formula is C18H25NO2S. The number of aliphatic hydroxyl groups is 1. The van der Waals surface area contributed by atoms with Crippen molar-refractivity contribution in [1.29, 1.82) is 0 Å². The van der Waals surface area contributed by atoms with E-state index in [1.807, 2.05) is 30.0 Å². The van der Waals surface area contributed by atoms with Crippen LogP contribution in [0.2, 0.25) is 0 Å². The van der Waals surface area contributed by atoms with E-state index in [4.69, 9.17) is 0 Å². The van der Waals surface area contributed by atoms with Gasteiger partial charge in [-0.1, -0.05) is 35.9 Å². The lowest BCUT2D eigenvalue weighted by Gasteiger charge is -2.19. The Morgan fingerprint density at radius 2 is 2.00 bits per heavy atom. The van der Waals surface area contributed by atoms with Gasteiger partial charge in [0.2, 0.25) is 5.91 Å². The second-order valence-corrected chi connectivity index (χ2v) is 7.08. The maximum absolute atomic E-state index is 12.1. The summed E-state index contributed by atoms with van der Waals surface area (Å²) in [5.41, 5.74) is 2.41. The highest BCUT2D eigenvalue weighted by Gasteiger charge is 2.15. The molecule has 2 unspecified atom stereocenters. The molecule has 1 fully saturated rings. The monoisotopic (exact) mass is 319 g/mol. The third-order valence-corrected chi connectivity index (χ3v) is 4.88. The average Bonchev–Trinajstić information content (AvgIpc) is 2.53. The van der Waals surface area contributed by atoms with Crippen LogP contribution >= 0.6 is 11.8 Å². The first-order valence-electron chi connectivity index (χ1n) is 7.93. The molecule has 1 saturated heterocycles. The number of hydrogen-bond donors (Lipinski definition) is 2. The summed E-state index contributed by atoms with van der Waals surface area (Å²) in [6, 6.07) is 10.1. The molecule has 0 aliphatic carbocycles. The van der Waals surface area contributed by atoms with Crippen molar-refractivity contribution >= 4 is 17.7 Å². The Morgan fingerprint density at radius 3 is 2.64 bits per heavy atom. The molecule has 4 heteroatoms. The normalized spacial score (nSPS) is 17.6. The zero-order chi connectivity index (χ0) is 15.8. The van der Waals surface area contributed by atoms with Crippen LogP contribution in [0.5, 0.6) is 0 Å². The second-order valence-electron chi connectivity index (χ2n) is 5.85. The smallest absolute Gasteiger partial charge is 0.243 e. The SMILES string of the molecule is CC(O)CC(CNC(=O)C=C1CCSCC1)c1ccccc1. The molecule has 120 valence electrons. The van der Waals surface area contributed by atoms with Gasteiger partial charge in [0, 0.05) is 18.5 Å². The summed E-state index contributed by atoms with van der Waals surface area (Å²) in [5.74, 6) is 2.38. The van der Waals surface area contributed by atoms with Crippen molar-refractivity contribution in [3.05, 3.63) is 47.5 Å². The number of thioether (sulfide) groups is 1. The Morgan fingerprint density at radius 1 is 1.32 bits per heavy atom. The molecule has 0 saturated carbocycles. The van der Waals surface area contributed by atoms with Gasteiger partial charge in [-0.15, -0.1) is 0 Å². The van der Waals surface area contributed by atoms with Crippen LogP contribution in [0.3, 0.4) is 0 Å². The third-order valence-electron chi connectivity index (χ3n) is 3.89. The Kier molecular flexibility index (Phi) is 7.00. The van der Waals surface area contributed by atoms with E-state index in [0.29, 0.717) is 13.0 Å². The zero-order valence-corrected chi connectivity index (χ0v) is 13.9. The van der Waals surface area contributed by atoms with Crippen molar-refractivity contribution in [3.8, 4) is 0 Å². The number of nitrogens with one attached hydrogen (secondary N) is 1. The van der Waals surface area contributed by atoms with Gasteiger partial charge in [-0.3, -0.25) is 4.79 Å². The highest BCUT2D eigenvalue weighted by molar-refractivity contribution is 7.99. The van der Waals surface area contributed by atoms with E-state index < -0.39 is 0 Å². The van der Waals surface area contributed by atoms with E-state index in [0.717, 1.165) is 29.9 Å². The van der Waals surface area contributed by atoms with Crippen molar-refractivity contribution in [1.82, 2.24) is 5.32 Å². The molecule has 3 nitrogen and oxygen atoms in total. The van der Waals surface area contributed by atoms with Crippen LogP contribution in [0.15, 0.2) is 42.0 Å². The largest absolute Gasteiger partial charge is 0.393 e. The quantitative estimate of drug-likeness (QED) is 0.792. The van der Waals surface area contributed by atoms with Crippen LogP contribution in [-0.2, 0) is 4.79 Å². The van der Waals surface area contributed by atoms with Gasteiger partial charge in [-0.25, -0.2) is 0 Å². The summed E-state index contributed by atoms with van der Waals surface area (Å²) < 4.78 is 0. The molecule has 0 spiro atoms. The highest BCUT2D eigenvalue weighted by atomic mass is 32.2. The first-order valence-corrected chi connectivity index (χ1v) is 9.08. The summed E-state index contributed by atoms with van der Waals surface area (Å²) in [6.45, 7) is 2.35. The van der Waals surface area contributed by atoms with Gasteiger partial charge < -0.3 is 10.4 Å². The van der Waals surface area contributed by atoms with Gasteiger partial charge in [0.15, 0.2) is 0 Å². The first-order chi connectivity index (χ1) is 10.6. The van der Waals surface area contributed by atoms with E-state index in [1.54, 1.807) is 13.0 Å². The molecule has 2 rings (SSSR count). The molecule has 22 heavy (non-hydrogen) atoms. The van der Waals surface area contributed by atoms with Crippen molar-refractivity contribution in [2.75, 3.05) is 18.1 Å². The minimum Gasteiger partial charge on any atom is -0.393 e.